The van der Waals surface area contributed by atoms with Crippen LogP contribution in [0, 0.1) is 12.8 Å². The first kappa shape index (κ1) is 16.1. The minimum absolute atomic E-state index is 0.0801. The maximum Gasteiger partial charge on any atom is 0.304 e. The van der Waals surface area contributed by atoms with Crippen molar-refractivity contribution in [1.82, 2.24) is 4.31 Å². The summed E-state index contributed by atoms with van der Waals surface area (Å²) >= 11 is 0. The predicted octanol–water partition coefficient (Wildman–Crippen LogP) is 2.50. The average Bonchev–Trinajstić information content (AvgIpc) is 2.43. The molecule has 5 nitrogen and oxygen atoms in total. The van der Waals surface area contributed by atoms with E-state index in [2.05, 4.69) is 6.92 Å². The molecule has 0 aromatic heterocycles. The van der Waals surface area contributed by atoms with Crippen LogP contribution in [0.2, 0.25) is 0 Å². The Kier molecular flexibility index (Phi) is 4.78. The van der Waals surface area contributed by atoms with E-state index in [4.69, 9.17) is 0 Å². The highest BCUT2D eigenvalue weighted by Crippen LogP contribution is 2.29. The minimum atomic E-state index is -3.53. The molecule has 0 radical (unpaired) electrons. The van der Waals surface area contributed by atoms with Crippen molar-refractivity contribution in [2.24, 2.45) is 5.92 Å². The van der Waals surface area contributed by atoms with E-state index in [0.29, 0.717) is 31.2 Å². The van der Waals surface area contributed by atoms with Gasteiger partial charge in [0.25, 0.3) is 0 Å². The van der Waals surface area contributed by atoms with E-state index in [9.17, 15) is 13.5 Å². The van der Waals surface area contributed by atoms with Crippen molar-refractivity contribution in [3.05, 3.63) is 23.8 Å². The van der Waals surface area contributed by atoms with Gasteiger partial charge >= 0.3 is 10.2 Å². The van der Waals surface area contributed by atoms with Gasteiger partial charge in [0.15, 0.2) is 0 Å². The maximum atomic E-state index is 12.9. The number of anilines is 1. The van der Waals surface area contributed by atoms with Gasteiger partial charge < -0.3 is 5.11 Å². The molecule has 0 saturated carbocycles. The molecular weight excluding hydrogens is 288 g/mol. The van der Waals surface area contributed by atoms with Crippen LogP contribution in [0.25, 0.3) is 0 Å². The molecule has 0 bridgehead atoms. The molecule has 21 heavy (non-hydrogen) atoms. The topological polar surface area (TPSA) is 60.9 Å². The van der Waals surface area contributed by atoms with Gasteiger partial charge in [-0.25, -0.2) is 0 Å². The van der Waals surface area contributed by atoms with Gasteiger partial charge in [-0.15, -0.1) is 0 Å². The molecule has 0 spiro atoms. The van der Waals surface area contributed by atoms with Gasteiger partial charge in [-0.2, -0.15) is 12.7 Å². The third kappa shape index (κ3) is 3.32. The molecule has 0 aliphatic carbocycles. The third-order valence-corrected chi connectivity index (χ3v) is 6.13. The fraction of sp³-hybridized carbons (Fsp3) is 0.600. The summed E-state index contributed by atoms with van der Waals surface area (Å²) in [7, 11) is -3.53. The van der Waals surface area contributed by atoms with Crippen molar-refractivity contribution in [2.45, 2.75) is 33.6 Å². The van der Waals surface area contributed by atoms with Crippen molar-refractivity contribution in [3.63, 3.8) is 0 Å². The molecule has 1 N–H and O–H groups in total. The second-order valence-electron chi connectivity index (χ2n) is 5.72. The number of rotatable bonds is 4. The van der Waals surface area contributed by atoms with E-state index in [1.807, 2.05) is 13.8 Å². The summed E-state index contributed by atoms with van der Waals surface area (Å²) in [6, 6.07) is 4.83. The monoisotopic (exact) mass is 312 g/mol. The van der Waals surface area contributed by atoms with Gasteiger partial charge in [-0.05, 0) is 44.2 Å². The number of phenols is 1. The van der Waals surface area contributed by atoms with Crippen LogP contribution in [0.3, 0.4) is 0 Å². The summed E-state index contributed by atoms with van der Waals surface area (Å²) in [5.74, 6) is 0.658. The molecule has 1 aromatic rings. The smallest absolute Gasteiger partial charge is 0.304 e. The van der Waals surface area contributed by atoms with Crippen LogP contribution in [-0.2, 0) is 10.2 Å². The summed E-state index contributed by atoms with van der Waals surface area (Å²) < 4.78 is 28.7. The summed E-state index contributed by atoms with van der Waals surface area (Å²) in [4.78, 5) is 0. The summed E-state index contributed by atoms with van der Waals surface area (Å²) in [5.41, 5.74) is 1.39. The largest absolute Gasteiger partial charge is 0.508 e. The van der Waals surface area contributed by atoms with Gasteiger partial charge in [0, 0.05) is 25.7 Å². The van der Waals surface area contributed by atoms with Crippen LogP contribution in [0.5, 0.6) is 5.75 Å². The van der Waals surface area contributed by atoms with Crippen molar-refractivity contribution in [2.75, 3.05) is 23.9 Å². The highest BCUT2D eigenvalue weighted by molar-refractivity contribution is 7.90. The third-order valence-electron chi connectivity index (χ3n) is 4.10. The first-order valence-electron chi connectivity index (χ1n) is 7.43. The number of phenolic OH excluding ortho intramolecular Hbond substituents is 1. The van der Waals surface area contributed by atoms with E-state index in [-0.39, 0.29) is 5.75 Å². The summed E-state index contributed by atoms with van der Waals surface area (Å²) in [6.45, 7) is 7.30. The Morgan fingerprint density at radius 1 is 1.33 bits per heavy atom. The number of nitrogens with zero attached hydrogens (tertiary/aromatic N) is 2. The van der Waals surface area contributed by atoms with E-state index >= 15 is 0 Å². The SMILES string of the molecule is CCN(c1cc(O)ccc1C)S(=O)(=O)N1CCC(C)CC1. The van der Waals surface area contributed by atoms with E-state index in [1.54, 1.807) is 16.4 Å². The van der Waals surface area contributed by atoms with Crippen LogP contribution in [0.15, 0.2) is 18.2 Å². The van der Waals surface area contributed by atoms with E-state index in [1.165, 1.54) is 10.4 Å². The molecule has 0 atom stereocenters. The lowest BCUT2D eigenvalue weighted by atomic mass is 10.0. The van der Waals surface area contributed by atoms with Crippen LogP contribution in [0.1, 0.15) is 32.3 Å². The summed E-state index contributed by atoms with van der Waals surface area (Å²) in [6.07, 6.45) is 1.80. The Morgan fingerprint density at radius 2 is 1.95 bits per heavy atom. The fourth-order valence-corrected chi connectivity index (χ4v) is 4.40. The van der Waals surface area contributed by atoms with Crippen LogP contribution >= 0.6 is 0 Å². The van der Waals surface area contributed by atoms with Gasteiger partial charge in [0.05, 0.1) is 5.69 Å². The quantitative estimate of drug-likeness (QED) is 0.929. The van der Waals surface area contributed by atoms with Crippen molar-refractivity contribution in [3.8, 4) is 5.75 Å². The first-order valence-corrected chi connectivity index (χ1v) is 8.83. The van der Waals surface area contributed by atoms with Gasteiger partial charge in [-0.3, -0.25) is 4.31 Å². The summed E-state index contributed by atoms with van der Waals surface area (Å²) in [5, 5.41) is 9.66. The zero-order valence-electron chi connectivity index (χ0n) is 12.9. The lowest BCUT2D eigenvalue weighted by Crippen LogP contribution is -2.47. The Hall–Kier alpha value is -1.27. The molecule has 1 aromatic carbocycles. The number of piperidine rings is 1. The number of benzene rings is 1. The molecular formula is C15H24N2O3S. The van der Waals surface area contributed by atoms with Crippen LogP contribution in [-0.4, -0.2) is 37.5 Å². The highest BCUT2D eigenvalue weighted by Gasteiger charge is 2.32. The Balaban J connectivity index is 2.33. The number of aromatic hydroxyl groups is 1. The first-order chi connectivity index (χ1) is 9.86. The van der Waals surface area contributed by atoms with E-state index in [0.717, 1.165) is 18.4 Å². The van der Waals surface area contributed by atoms with E-state index < -0.39 is 10.2 Å². The molecule has 118 valence electrons. The minimum Gasteiger partial charge on any atom is -0.508 e. The number of hydrogen-bond donors (Lipinski definition) is 1. The second-order valence-corrected chi connectivity index (χ2v) is 7.58. The fourth-order valence-electron chi connectivity index (χ4n) is 2.68. The maximum absolute atomic E-state index is 12.9. The molecule has 6 heteroatoms. The number of hydrogen-bond acceptors (Lipinski definition) is 3. The molecule has 1 aliphatic rings. The van der Waals surface area contributed by atoms with Gasteiger partial charge in [0.2, 0.25) is 0 Å². The van der Waals surface area contributed by atoms with Gasteiger partial charge in [0.1, 0.15) is 5.75 Å². The van der Waals surface area contributed by atoms with Crippen molar-refractivity contribution in [1.29, 1.82) is 0 Å². The average molecular weight is 312 g/mol. The Bertz CT molecular complexity index is 593. The molecule has 1 heterocycles. The standard InChI is InChI=1S/C15H24N2O3S/c1-4-17(15-11-14(18)6-5-13(15)3)21(19,20)16-9-7-12(2)8-10-16/h5-6,11-12,18H,4,7-10H2,1-3H3. The Morgan fingerprint density at radius 3 is 2.52 bits per heavy atom. The van der Waals surface area contributed by atoms with Crippen molar-refractivity contribution >= 4 is 15.9 Å². The van der Waals surface area contributed by atoms with Gasteiger partial charge in [-0.1, -0.05) is 13.0 Å². The lowest BCUT2D eigenvalue weighted by molar-refractivity contribution is 0.287. The number of aryl methyl sites for hydroxylation is 1. The molecule has 0 amide bonds. The molecule has 1 saturated heterocycles. The lowest BCUT2D eigenvalue weighted by Gasteiger charge is -2.35. The molecule has 1 aliphatic heterocycles. The molecule has 0 unspecified atom stereocenters. The van der Waals surface area contributed by atoms with Crippen LogP contribution < -0.4 is 4.31 Å². The zero-order valence-corrected chi connectivity index (χ0v) is 13.7. The molecule has 2 rings (SSSR count). The Labute approximate surface area is 127 Å². The second kappa shape index (κ2) is 6.23. The zero-order chi connectivity index (χ0) is 15.6. The van der Waals surface area contributed by atoms with Crippen LogP contribution in [0.4, 0.5) is 5.69 Å². The van der Waals surface area contributed by atoms with Crippen molar-refractivity contribution < 1.29 is 13.5 Å². The predicted molar refractivity (Wildman–Crippen MR) is 84.8 cm³/mol. The highest BCUT2D eigenvalue weighted by atomic mass is 32.2. The normalized spacial score (nSPS) is 17.9. The molecule has 1 fully saturated rings.